The van der Waals surface area contributed by atoms with Crippen LogP contribution in [0.4, 0.5) is 5.82 Å². The van der Waals surface area contributed by atoms with Gasteiger partial charge in [0.2, 0.25) is 0 Å². The minimum absolute atomic E-state index is 0.0193. The molecular formula is C25H23N5O2. The van der Waals surface area contributed by atoms with Gasteiger partial charge in [0, 0.05) is 22.6 Å². The van der Waals surface area contributed by atoms with Crippen molar-refractivity contribution in [2.24, 2.45) is 0 Å². The van der Waals surface area contributed by atoms with E-state index in [1.807, 2.05) is 54.6 Å². The summed E-state index contributed by atoms with van der Waals surface area (Å²) < 4.78 is 7.29. The Balaban J connectivity index is 1.63. The van der Waals surface area contributed by atoms with E-state index < -0.39 is 5.60 Å². The van der Waals surface area contributed by atoms with Gasteiger partial charge in [-0.1, -0.05) is 36.4 Å². The van der Waals surface area contributed by atoms with Gasteiger partial charge in [-0.25, -0.2) is 9.67 Å². The number of rotatable bonds is 4. The SMILES string of the molecule is COc1cc(-c2ccccc2)nc2cc(-c3nn(C4CC(C)(O)C4)c(N)c3C#N)ccc12. The van der Waals surface area contributed by atoms with Crippen molar-refractivity contribution in [1.82, 2.24) is 14.8 Å². The predicted octanol–water partition coefficient (Wildman–Crippen LogP) is 4.31. The Bertz CT molecular complexity index is 1360. The molecule has 2 aromatic carbocycles. The highest BCUT2D eigenvalue weighted by Gasteiger charge is 2.41. The van der Waals surface area contributed by atoms with Crippen LogP contribution in [0.5, 0.6) is 5.75 Å². The highest BCUT2D eigenvalue weighted by Crippen LogP contribution is 2.43. The molecule has 0 unspecified atom stereocenters. The minimum Gasteiger partial charge on any atom is -0.496 e. The number of fused-ring (bicyclic) bond motifs is 1. The number of nitrogens with zero attached hydrogens (tertiary/aromatic N) is 4. The largest absolute Gasteiger partial charge is 0.496 e. The Kier molecular flexibility index (Phi) is 4.61. The molecule has 3 N–H and O–H groups in total. The molecule has 1 fully saturated rings. The van der Waals surface area contributed by atoms with Crippen molar-refractivity contribution >= 4 is 16.7 Å². The first-order valence-electron chi connectivity index (χ1n) is 10.5. The Morgan fingerprint density at radius 3 is 2.56 bits per heavy atom. The highest BCUT2D eigenvalue weighted by atomic mass is 16.5. The Morgan fingerprint density at radius 2 is 1.91 bits per heavy atom. The number of nitrogens with two attached hydrogens (primary N) is 1. The van der Waals surface area contributed by atoms with E-state index in [0.717, 1.165) is 33.5 Å². The van der Waals surface area contributed by atoms with E-state index in [2.05, 4.69) is 11.2 Å². The van der Waals surface area contributed by atoms with Crippen molar-refractivity contribution in [2.75, 3.05) is 12.8 Å². The quantitative estimate of drug-likeness (QED) is 0.504. The van der Waals surface area contributed by atoms with Crippen molar-refractivity contribution in [3.63, 3.8) is 0 Å². The van der Waals surface area contributed by atoms with Crippen LogP contribution in [-0.2, 0) is 0 Å². The van der Waals surface area contributed by atoms with E-state index in [0.29, 0.717) is 29.9 Å². The third kappa shape index (κ3) is 3.26. The lowest BCUT2D eigenvalue weighted by molar-refractivity contribution is -0.0535. The highest BCUT2D eigenvalue weighted by molar-refractivity contribution is 5.91. The van der Waals surface area contributed by atoms with Crippen LogP contribution in [0.15, 0.2) is 54.6 Å². The average Bonchev–Trinajstić information content (AvgIpc) is 3.12. The van der Waals surface area contributed by atoms with E-state index in [4.69, 9.17) is 15.5 Å². The molecular weight excluding hydrogens is 402 g/mol. The summed E-state index contributed by atoms with van der Waals surface area (Å²) in [5, 5.41) is 25.4. The third-order valence-corrected chi connectivity index (χ3v) is 6.09. The van der Waals surface area contributed by atoms with Crippen molar-refractivity contribution in [2.45, 2.75) is 31.4 Å². The van der Waals surface area contributed by atoms with Gasteiger partial charge in [-0.05, 0) is 31.9 Å². The van der Waals surface area contributed by atoms with Gasteiger partial charge in [-0.3, -0.25) is 0 Å². The maximum atomic E-state index is 10.1. The van der Waals surface area contributed by atoms with Gasteiger partial charge < -0.3 is 15.6 Å². The van der Waals surface area contributed by atoms with Crippen LogP contribution < -0.4 is 10.5 Å². The van der Waals surface area contributed by atoms with Crippen LogP contribution in [-0.4, -0.2) is 32.6 Å². The fourth-order valence-electron chi connectivity index (χ4n) is 4.44. The number of nitrogen functional groups attached to an aromatic ring is 1. The predicted molar refractivity (Wildman–Crippen MR) is 123 cm³/mol. The molecule has 2 heterocycles. The lowest BCUT2D eigenvalue weighted by Crippen LogP contribution is -2.42. The summed E-state index contributed by atoms with van der Waals surface area (Å²) in [5.74, 6) is 1.05. The van der Waals surface area contributed by atoms with Crippen LogP contribution in [0.2, 0.25) is 0 Å². The summed E-state index contributed by atoms with van der Waals surface area (Å²) in [6, 6.07) is 19.7. The number of pyridine rings is 1. The fourth-order valence-corrected chi connectivity index (χ4v) is 4.44. The van der Waals surface area contributed by atoms with Crippen LogP contribution in [0.25, 0.3) is 33.4 Å². The first kappa shape index (κ1) is 20.0. The number of hydrogen-bond donors (Lipinski definition) is 2. The van der Waals surface area contributed by atoms with E-state index in [1.54, 1.807) is 18.7 Å². The van der Waals surface area contributed by atoms with Gasteiger partial charge in [-0.15, -0.1) is 0 Å². The van der Waals surface area contributed by atoms with Gasteiger partial charge in [-0.2, -0.15) is 10.4 Å². The number of benzene rings is 2. The second-order valence-electron chi connectivity index (χ2n) is 8.53. The summed E-state index contributed by atoms with van der Waals surface area (Å²) in [5.41, 5.74) is 9.69. The molecule has 1 saturated carbocycles. The van der Waals surface area contributed by atoms with Gasteiger partial charge in [0.15, 0.2) is 0 Å². The molecule has 0 atom stereocenters. The Hall–Kier alpha value is -3.89. The molecule has 0 spiro atoms. The molecule has 1 aliphatic carbocycles. The first-order valence-corrected chi connectivity index (χ1v) is 10.5. The fraction of sp³-hybridized carbons (Fsp3) is 0.240. The van der Waals surface area contributed by atoms with Crippen LogP contribution >= 0.6 is 0 Å². The molecule has 0 saturated heterocycles. The lowest BCUT2D eigenvalue weighted by Gasteiger charge is -2.41. The van der Waals surface area contributed by atoms with E-state index in [9.17, 15) is 10.4 Å². The number of hydrogen-bond acceptors (Lipinski definition) is 6. The van der Waals surface area contributed by atoms with E-state index >= 15 is 0 Å². The lowest BCUT2D eigenvalue weighted by atomic mass is 9.77. The summed E-state index contributed by atoms with van der Waals surface area (Å²) in [6.45, 7) is 1.79. The maximum absolute atomic E-state index is 10.1. The standard InChI is InChI=1S/C25H23N5O2/c1-25(31)12-17(13-25)30-24(27)19(14-26)23(29-30)16-8-9-18-21(10-16)28-20(11-22(18)32-2)15-6-4-3-5-7-15/h3-11,17,31H,12-13,27H2,1-2H3. The Morgan fingerprint density at radius 1 is 1.16 bits per heavy atom. The molecule has 0 aliphatic heterocycles. The summed E-state index contributed by atoms with van der Waals surface area (Å²) in [6.07, 6.45) is 1.11. The molecule has 4 aromatic rings. The number of nitriles is 1. The minimum atomic E-state index is -0.715. The van der Waals surface area contributed by atoms with Crippen molar-refractivity contribution in [3.05, 3.63) is 60.2 Å². The number of ether oxygens (including phenoxy) is 1. The zero-order valence-electron chi connectivity index (χ0n) is 17.9. The van der Waals surface area contributed by atoms with Crippen LogP contribution in [0, 0.1) is 11.3 Å². The monoisotopic (exact) mass is 425 g/mol. The molecule has 2 aromatic heterocycles. The first-order chi connectivity index (χ1) is 15.4. The summed E-state index contributed by atoms with van der Waals surface area (Å²) >= 11 is 0. The molecule has 0 radical (unpaired) electrons. The molecule has 0 bridgehead atoms. The summed E-state index contributed by atoms with van der Waals surface area (Å²) in [7, 11) is 1.64. The van der Waals surface area contributed by atoms with Crippen LogP contribution in [0.1, 0.15) is 31.4 Å². The third-order valence-electron chi connectivity index (χ3n) is 6.09. The van der Waals surface area contributed by atoms with Gasteiger partial charge in [0.05, 0.1) is 30.0 Å². The summed E-state index contributed by atoms with van der Waals surface area (Å²) in [4.78, 5) is 4.84. The molecule has 5 rings (SSSR count). The molecule has 0 amide bonds. The number of aromatic nitrogens is 3. The van der Waals surface area contributed by atoms with E-state index in [-0.39, 0.29) is 6.04 Å². The van der Waals surface area contributed by atoms with Crippen molar-refractivity contribution < 1.29 is 9.84 Å². The normalized spacial score (nSPS) is 20.0. The van der Waals surface area contributed by atoms with Gasteiger partial charge in [0.1, 0.15) is 28.9 Å². The maximum Gasteiger partial charge on any atom is 0.140 e. The Labute approximate surface area is 185 Å². The van der Waals surface area contributed by atoms with E-state index in [1.165, 1.54) is 0 Å². The molecule has 1 aliphatic rings. The van der Waals surface area contributed by atoms with Gasteiger partial charge >= 0.3 is 0 Å². The molecule has 7 nitrogen and oxygen atoms in total. The second kappa shape index (κ2) is 7.36. The average molecular weight is 425 g/mol. The molecule has 160 valence electrons. The van der Waals surface area contributed by atoms with Gasteiger partial charge in [0.25, 0.3) is 0 Å². The van der Waals surface area contributed by atoms with Crippen molar-refractivity contribution in [3.8, 4) is 34.3 Å². The zero-order valence-corrected chi connectivity index (χ0v) is 17.9. The second-order valence-corrected chi connectivity index (χ2v) is 8.53. The van der Waals surface area contributed by atoms with Crippen molar-refractivity contribution in [1.29, 1.82) is 5.26 Å². The number of methoxy groups -OCH3 is 1. The number of aliphatic hydroxyl groups is 1. The molecule has 7 heteroatoms. The number of anilines is 1. The topological polar surface area (TPSA) is 110 Å². The molecule has 32 heavy (non-hydrogen) atoms. The smallest absolute Gasteiger partial charge is 0.140 e. The van der Waals surface area contributed by atoms with Crippen LogP contribution in [0.3, 0.4) is 0 Å². The zero-order chi connectivity index (χ0) is 22.5.